The zero-order valence-corrected chi connectivity index (χ0v) is 21.8. The fourth-order valence-electron chi connectivity index (χ4n) is 4.51. The molecular formula is C24H31ClN2O6S2. The molecule has 1 amide bonds. The summed E-state index contributed by atoms with van der Waals surface area (Å²) in [6.45, 7) is 0.799. The van der Waals surface area contributed by atoms with Gasteiger partial charge in [0.25, 0.3) is 5.91 Å². The van der Waals surface area contributed by atoms with Crippen LogP contribution in [0.3, 0.4) is 0 Å². The number of carbonyl (C=O) groups excluding carboxylic acids is 1. The maximum atomic E-state index is 13.3. The molecule has 2 aromatic rings. The molecule has 192 valence electrons. The lowest BCUT2D eigenvalue weighted by molar-refractivity contribution is -0.133. The van der Waals surface area contributed by atoms with Crippen LogP contribution >= 0.6 is 22.9 Å². The Labute approximate surface area is 214 Å². The number of benzene rings is 1. The highest BCUT2D eigenvalue weighted by molar-refractivity contribution is 7.92. The molecular weight excluding hydrogens is 512 g/mol. The van der Waals surface area contributed by atoms with Gasteiger partial charge in [-0.2, -0.15) is 0 Å². The number of aromatic nitrogens is 1. The Morgan fingerprint density at radius 3 is 2.51 bits per heavy atom. The number of hydrogen-bond acceptors (Lipinski definition) is 8. The van der Waals surface area contributed by atoms with E-state index in [0.29, 0.717) is 53.2 Å². The van der Waals surface area contributed by atoms with Crippen molar-refractivity contribution in [2.24, 2.45) is 0 Å². The van der Waals surface area contributed by atoms with Gasteiger partial charge in [0.15, 0.2) is 21.1 Å². The van der Waals surface area contributed by atoms with Crippen LogP contribution in [0.25, 0.3) is 0 Å². The predicted octanol–water partition coefficient (Wildman–Crippen LogP) is 4.31. The monoisotopic (exact) mass is 542 g/mol. The van der Waals surface area contributed by atoms with Crippen molar-refractivity contribution in [2.75, 3.05) is 25.1 Å². The standard InChI is InChI=1S/C24H31ClN2O6S2/c25-22-20(10-13-28)26-24(34-22)27-23(29)21(33-17-4-2-1-3-5-17)16-6-8-18(9-7-16)35(30,31)19-11-14-32-15-12-19/h6-9,17,19,21,28H,1-5,10-15H2,(H,26,27,29). The number of nitrogens with one attached hydrogen (secondary N) is 1. The van der Waals surface area contributed by atoms with Gasteiger partial charge < -0.3 is 14.6 Å². The van der Waals surface area contributed by atoms with Crippen molar-refractivity contribution in [2.45, 2.75) is 73.7 Å². The van der Waals surface area contributed by atoms with Crippen molar-refractivity contribution in [3.63, 3.8) is 0 Å². The average molecular weight is 543 g/mol. The molecule has 1 aliphatic carbocycles. The van der Waals surface area contributed by atoms with Crippen LogP contribution in [0.5, 0.6) is 0 Å². The summed E-state index contributed by atoms with van der Waals surface area (Å²) in [6.07, 6.45) is 5.31. The second-order valence-electron chi connectivity index (χ2n) is 8.90. The van der Waals surface area contributed by atoms with Crippen LogP contribution in [0.15, 0.2) is 29.2 Å². The quantitative estimate of drug-likeness (QED) is 0.485. The van der Waals surface area contributed by atoms with Crippen molar-refractivity contribution in [1.82, 2.24) is 4.98 Å². The predicted molar refractivity (Wildman–Crippen MR) is 135 cm³/mol. The van der Waals surface area contributed by atoms with Crippen molar-refractivity contribution in [1.29, 1.82) is 0 Å². The van der Waals surface area contributed by atoms with Crippen molar-refractivity contribution >= 4 is 43.8 Å². The number of thiazole rings is 1. The minimum absolute atomic E-state index is 0.0463. The third-order valence-electron chi connectivity index (χ3n) is 6.47. The van der Waals surface area contributed by atoms with Crippen LogP contribution in [0, 0.1) is 0 Å². The second-order valence-corrected chi connectivity index (χ2v) is 12.7. The number of hydrogen-bond donors (Lipinski definition) is 2. The summed E-state index contributed by atoms with van der Waals surface area (Å²) in [4.78, 5) is 17.9. The molecule has 1 saturated carbocycles. The van der Waals surface area contributed by atoms with Gasteiger partial charge in [0, 0.05) is 26.2 Å². The first-order valence-electron chi connectivity index (χ1n) is 12.0. The highest BCUT2D eigenvalue weighted by Gasteiger charge is 2.31. The van der Waals surface area contributed by atoms with Gasteiger partial charge in [-0.3, -0.25) is 10.1 Å². The Kier molecular flexibility index (Phi) is 9.18. The van der Waals surface area contributed by atoms with E-state index in [1.807, 2.05) is 0 Å². The summed E-state index contributed by atoms with van der Waals surface area (Å²) in [5.74, 6) is -0.392. The van der Waals surface area contributed by atoms with Gasteiger partial charge in [-0.1, -0.05) is 54.3 Å². The van der Waals surface area contributed by atoms with Crippen molar-refractivity contribution in [3.8, 4) is 0 Å². The highest BCUT2D eigenvalue weighted by atomic mass is 35.5. The average Bonchev–Trinajstić information content (AvgIpc) is 3.22. The topological polar surface area (TPSA) is 115 Å². The summed E-state index contributed by atoms with van der Waals surface area (Å²) < 4.78 is 38.1. The lowest BCUT2D eigenvalue weighted by Crippen LogP contribution is -2.30. The van der Waals surface area contributed by atoms with Gasteiger partial charge in [0.05, 0.1) is 21.9 Å². The molecule has 1 aliphatic heterocycles. The highest BCUT2D eigenvalue weighted by Crippen LogP contribution is 2.32. The largest absolute Gasteiger partial charge is 0.396 e. The van der Waals surface area contributed by atoms with E-state index in [9.17, 15) is 13.2 Å². The van der Waals surface area contributed by atoms with E-state index in [1.54, 1.807) is 24.3 Å². The third kappa shape index (κ3) is 6.61. The fraction of sp³-hybridized carbons (Fsp3) is 0.583. The molecule has 1 saturated heterocycles. The van der Waals surface area contributed by atoms with E-state index in [0.717, 1.165) is 43.4 Å². The van der Waals surface area contributed by atoms with E-state index in [2.05, 4.69) is 10.3 Å². The number of ether oxygens (including phenoxy) is 2. The number of rotatable bonds is 9. The van der Waals surface area contributed by atoms with Crippen LogP contribution in [0.4, 0.5) is 5.13 Å². The Balaban J connectivity index is 1.54. The van der Waals surface area contributed by atoms with E-state index < -0.39 is 27.1 Å². The SMILES string of the molecule is O=C(Nc1nc(CCO)c(Cl)s1)C(OC1CCCCC1)c1ccc(S(=O)(=O)C2CCOCC2)cc1. The number of aliphatic hydroxyl groups is 1. The van der Waals surface area contributed by atoms with E-state index in [4.69, 9.17) is 26.2 Å². The molecule has 0 bridgehead atoms. The Bertz CT molecular complexity index is 1090. The zero-order valence-electron chi connectivity index (χ0n) is 19.4. The Hall–Kier alpha value is -1.56. The molecule has 1 unspecified atom stereocenters. The molecule has 2 fully saturated rings. The maximum Gasteiger partial charge on any atom is 0.259 e. The van der Waals surface area contributed by atoms with Crippen molar-refractivity contribution < 1.29 is 27.8 Å². The molecule has 2 aliphatic rings. The van der Waals surface area contributed by atoms with Gasteiger partial charge in [0.2, 0.25) is 0 Å². The van der Waals surface area contributed by atoms with Crippen LogP contribution < -0.4 is 5.32 Å². The second kappa shape index (κ2) is 12.1. The molecule has 11 heteroatoms. The first-order chi connectivity index (χ1) is 16.9. The van der Waals surface area contributed by atoms with E-state index in [1.165, 1.54) is 0 Å². The number of anilines is 1. The molecule has 0 spiro atoms. The number of halogens is 1. The minimum Gasteiger partial charge on any atom is -0.396 e. The molecule has 0 radical (unpaired) electrons. The number of sulfone groups is 1. The normalized spacial score (nSPS) is 18.9. The van der Waals surface area contributed by atoms with Gasteiger partial charge >= 0.3 is 0 Å². The third-order valence-corrected chi connectivity index (χ3v) is 10.00. The molecule has 35 heavy (non-hydrogen) atoms. The van der Waals surface area contributed by atoms with Gasteiger partial charge in [-0.15, -0.1) is 0 Å². The van der Waals surface area contributed by atoms with Gasteiger partial charge in [-0.05, 0) is 43.4 Å². The van der Waals surface area contributed by atoms with Crippen LogP contribution in [0.2, 0.25) is 4.34 Å². The lowest BCUT2D eigenvalue weighted by Gasteiger charge is -2.27. The molecule has 2 N–H and O–H groups in total. The zero-order chi connectivity index (χ0) is 24.8. The summed E-state index contributed by atoms with van der Waals surface area (Å²) in [7, 11) is -3.47. The molecule has 4 rings (SSSR count). The van der Waals surface area contributed by atoms with Gasteiger partial charge in [0.1, 0.15) is 4.34 Å². The maximum absolute atomic E-state index is 13.3. The lowest BCUT2D eigenvalue weighted by atomic mass is 9.97. The Morgan fingerprint density at radius 1 is 1.17 bits per heavy atom. The number of amides is 1. The molecule has 1 aromatic heterocycles. The fourth-order valence-corrected chi connectivity index (χ4v) is 7.33. The number of aliphatic hydroxyl groups excluding tert-OH is 1. The summed E-state index contributed by atoms with van der Waals surface area (Å²) >= 11 is 7.31. The molecule has 1 aromatic carbocycles. The van der Waals surface area contributed by atoms with Crippen LogP contribution in [-0.2, 0) is 30.5 Å². The Morgan fingerprint density at radius 2 is 1.86 bits per heavy atom. The smallest absolute Gasteiger partial charge is 0.259 e. The first kappa shape index (κ1) is 26.5. The van der Waals surface area contributed by atoms with Crippen LogP contribution in [0.1, 0.15) is 62.3 Å². The number of nitrogens with zero attached hydrogens (tertiary/aromatic N) is 1. The molecule has 2 heterocycles. The summed E-state index contributed by atoms with van der Waals surface area (Å²) in [6, 6.07) is 6.44. The summed E-state index contributed by atoms with van der Waals surface area (Å²) in [5, 5.41) is 11.8. The van der Waals surface area contributed by atoms with Crippen molar-refractivity contribution in [3.05, 3.63) is 39.9 Å². The molecule has 8 nitrogen and oxygen atoms in total. The van der Waals surface area contributed by atoms with Gasteiger partial charge in [-0.25, -0.2) is 13.4 Å². The summed E-state index contributed by atoms with van der Waals surface area (Å²) in [5.41, 5.74) is 1.11. The minimum atomic E-state index is -3.47. The van der Waals surface area contributed by atoms with Crippen LogP contribution in [-0.4, -0.2) is 55.6 Å². The van der Waals surface area contributed by atoms with E-state index >= 15 is 0 Å². The van der Waals surface area contributed by atoms with E-state index in [-0.39, 0.29) is 17.6 Å². The first-order valence-corrected chi connectivity index (χ1v) is 14.8. The molecule has 1 atom stereocenters. The number of carbonyl (C=O) groups is 1.